The van der Waals surface area contributed by atoms with Crippen molar-refractivity contribution in [2.24, 2.45) is 5.73 Å². The SMILES string of the molecule is Cc1ccc(NCC(=O)Nc2ccccc2C(N)=O)cc1. The van der Waals surface area contributed by atoms with Crippen LogP contribution in [-0.2, 0) is 4.79 Å². The monoisotopic (exact) mass is 283 g/mol. The van der Waals surface area contributed by atoms with Gasteiger partial charge in [-0.3, -0.25) is 9.59 Å². The summed E-state index contributed by atoms with van der Waals surface area (Å²) in [6, 6.07) is 14.4. The Morgan fingerprint density at radius 1 is 1.05 bits per heavy atom. The number of carbonyl (C=O) groups excluding carboxylic acids is 2. The molecule has 0 aromatic heterocycles. The van der Waals surface area contributed by atoms with E-state index in [-0.39, 0.29) is 12.5 Å². The van der Waals surface area contributed by atoms with Crippen molar-refractivity contribution in [3.63, 3.8) is 0 Å². The van der Waals surface area contributed by atoms with Crippen molar-refractivity contribution < 1.29 is 9.59 Å². The van der Waals surface area contributed by atoms with E-state index in [1.54, 1.807) is 24.3 Å². The summed E-state index contributed by atoms with van der Waals surface area (Å²) in [5.74, 6) is -0.818. The van der Waals surface area contributed by atoms with Crippen molar-refractivity contribution in [2.45, 2.75) is 6.92 Å². The summed E-state index contributed by atoms with van der Waals surface area (Å²) in [5, 5.41) is 5.68. The van der Waals surface area contributed by atoms with Gasteiger partial charge in [0.05, 0.1) is 17.8 Å². The summed E-state index contributed by atoms with van der Waals surface area (Å²) in [7, 11) is 0. The second kappa shape index (κ2) is 6.56. The minimum absolute atomic E-state index is 0.107. The molecule has 0 heterocycles. The van der Waals surface area contributed by atoms with Gasteiger partial charge in [-0.2, -0.15) is 0 Å². The maximum absolute atomic E-state index is 11.9. The van der Waals surface area contributed by atoms with Crippen LogP contribution in [0.25, 0.3) is 0 Å². The van der Waals surface area contributed by atoms with Crippen LogP contribution in [0.3, 0.4) is 0 Å². The van der Waals surface area contributed by atoms with E-state index in [4.69, 9.17) is 5.73 Å². The summed E-state index contributed by atoms with van der Waals surface area (Å²) in [6.45, 7) is 2.10. The number of hydrogen-bond donors (Lipinski definition) is 3. The van der Waals surface area contributed by atoms with Crippen LogP contribution in [0.2, 0.25) is 0 Å². The predicted octanol–water partition coefficient (Wildman–Crippen LogP) is 2.14. The summed E-state index contributed by atoms with van der Waals surface area (Å²) < 4.78 is 0. The third-order valence-electron chi connectivity index (χ3n) is 2.97. The van der Waals surface area contributed by atoms with Gasteiger partial charge < -0.3 is 16.4 Å². The molecule has 108 valence electrons. The van der Waals surface area contributed by atoms with Crippen LogP contribution in [0.15, 0.2) is 48.5 Å². The highest BCUT2D eigenvalue weighted by molar-refractivity contribution is 6.03. The van der Waals surface area contributed by atoms with E-state index in [9.17, 15) is 9.59 Å². The van der Waals surface area contributed by atoms with Gasteiger partial charge in [0.25, 0.3) is 5.91 Å². The van der Waals surface area contributed by atoms with Crippen LogP contribution in [0, 0.1) is 6.92 Å². The number of hydrogen-bond acceptors (Lipinski definition) is 3. The number of aryl methyl sites for hydroxylation is 1. The first-order valence-corrected chi connectivity index (χ1v) is 6.55. The first-order valence-electron chi connectivity index (χ1n) is 6.55. The van der Waals surface area contributed by atoms with Crippen molar-refractivity contribution in [1.82, 2.24) is 0 Å². The van der Waals surface area contributed by atoms with Crippen LogP contribution >= 0.6 is 0 Å². The van der Waals surface area contributed by atoms with Gasteiger partial charge in [0, 0.05) is 5.69 Å². The van der Waals surface area contributed by atoms with Gasteiger partial charge in [-0.05, 0) is 31.2 Å². The molecule has 2 aromatic carbocycles. The van der Waals surface area contributed by atoms with Crippen LogP contribution in [0.1, 0.15) is 15.9 Å². The Morgan fingerprint density at radius 3 is 2.38 bits per heavy atom. The number of nitrogens with one attached hydrogen (secondary N) is 2. The molecule has 0 saturated carbocycles. The van der Waals surface area contributed by atoms with Gasteiger partial charge in [0.15, 0.2) is 0 Å². The van der Waals surface area contributed by atoms with Crippen molar-refractivity contribution >= 4 is 23.2 Å². The van der Waals surface area contributed by atoms with Crippen LogP contribution in [-0.4, -0.2) is 18.4 Å². The molecular formula is C16H17N3O2. The van der Waals surface area contributed by atoms with Crippen LogP contribution < -0.4 is 16.4 Å². The standard InChI is InChI=1S/C16H17N3O2/c1-11-6-8-12(9-7-11)18-10-15(20)19-14-5-3-2-4-13(14)16(17)21/h2-9,18H,10H2,1H3,(H2,17,21)(H,19,20). The molecule has 0 aliphatic heterocycles. The third kappa shape index (κ3) is 4.07. The van der Waals surface area contributed by atoms with Gasteiger partial charge in [-0.15, -0.1) is 0 Å². The quantitative estimate of drug-likeness (QED) is 0.786. The van der Waals surface area contributed by atoms with Gasteiger partial charge in [-0.1, -0.05) is 29.8 Å². The van der Waals surface area contributed by atoms with Gasteiger partial charge >= 0.3 is 0 Å². The molecule has 0 fully saturated rings. The molecule has 4 N–H and O–H groups in total. The van der Waals surface area contributed by atoms with Crippen LogP contribution in [0.4, 0.5) is 11.4 Å². The van der Waals surface area contributed by atoms with Crippen molar-refractivity contribution in [3.8, 4) is 0 Å². The molecule has 0 saturated heterocycles. The average Bonchev–Trinajstić information content (AvgIpc) is 2.47. The van der Waals surface area contributed by atoms with E-state index in [0.717, 1.165) is 11.3 Å². The molecule has 2 amide bonds. The number of rotatable bonds is 5. The lowest BCUT2D eigenvalue weighted by Gasteiger charge is -2.10. The topological polar surface area (TPSA) is 84.2 Å². The zero-order valence-electron chi connectivity index (χ0n) is 11.7. The number of para-hydroxylation sites is 1. The zero-order chi connectivity index (χ0) is 15.2. The number of benzene rings is 2. The molecule has 0 spiro atoms. The fourth-order valence-corrected chi connectivity index (χ4v) is 1.86. The molecular weight excluding hydrogens is 266 g/mol. The maximum Gasteiger partial charge on any atom is 0.250 e. The van der Waals surface area contributed by atoms with E-state index in [2.05, 4.69) is 10.6 Å². The number of nitrogens with two attached hydrogens (primary N) is 1. The molecule has 5 nitrogen and oxygen atoms in total. The first-order chi connectivity index (χ1) is 10.1. The zero-order valence-corrected chi connectivity index (χ0v) is 11.7. The van der Waals surface area contributed by atoms with Crippen molar-refractivity contribution in [1.29, 1.82) is 0 Å². The fraction of sp³-hybridized carbons (Fsp3) is 0.125. The highest BCUT2D eigenvalue weighted by atomic mass is 16.2. The Bertz CT molecular complexity index is 651. The lowest BCUT2D eigenvalue weighted by atomic mass is 10.1. The predicted molar refractivity (Wildman–Crippen MR) is 83.3 cm³/mol. The van der Waals surface area contributed by atoms with E-state index in [1.807, 2.05) is 31.2 Å². The molecule has 0 atom stereocenters. The van der Waals surface area contributed by atoms with E-state index < -0.39 is 5.91 Å². The molecule has 5 heteroatoms. The minimum Gasteiger partial charge on any atom is -0.376 e. The lowest BCUT2D eigenvalue weighted by molar-refractivity contribution is -0.114. The normalized spacial score (nSPS) is 9.95. The Labute approximate surface area is 123 Å². The Kier molecular flexibility index (Phi) is 4.56. The van der Waals surface area contributed by atoms with Crippen LogP contribution in [0.5, 0.6) is 0 Å². The molecule has 2 aromatic rings. The molecule has 0 unspecified atom stereocenters. The van der Waals surface area contributed by atoms with E-state index in [0.29, 0.717) is 11.3 Å². The second-order valence-electron chi connectivity index (χ2n) is 4.68. The average molecular weight is 283 g/mol. The molecule has 0 bridgehead atoms. The first kappa shape index (κ1) is 14.6. The van der Waals surface area contributed by atoms with E-state index in [1.165, 1.54) is 0 Å². The smallest absolute Gasteiger partial charge is 0.250 e. The molecule has 21 heavy (non-hydrogen) atoms. The lowest BCUT2D eigenvalue weighted by Crippen LogP contribution is -2.24. The Morgan fingerprint density at radius 2 is 1.71 bits per heavy atom. The van der Waals surface area contributed by atoms with Gasteiger partial charge in [-0.25, -0.2) is 0 Å². The maximum atomic E-state index is 11.9. The Balaban J connectivity index is 1.96. The molecule has 2 rings (SSSR count). The van der Waals surface area contributed by atoms with Crippen molar-refractivity contribution in [2.75, 3.05) is 17.2 Å². The van der Waals surface area contributed by atoms with Gasteiger partial charge in [0.1, 0.15) is 0 Å². The fourth-order valence-electron chi connectivity index (χ4n) is 1.86. The van der Waals surface area contributed by atoms with Gasteiger partial charge in [0.2, 0.25) is 5.91 Å². The number of anilines is 2. The number of primary amides is 1. The second-order valence-corrected chi connectivity index (χ2v) is 4.68. The third-order valence-corrected chi connectivity index (χ3v) is 2.97. The number of amides is 2. The summed E-state index contributed by atoms with van der Waals surface area (Å²) in [6.07, 6.45) is 0. The van der Waals surface area contributed by atoms with E-state index >= 15 is 0 Å². The highest BCUT2D eigenvalue weighted by Crippen LogP contribution is 2.14. The van der Waals surface area contributed by atoms with Crippen molar-refractivity contribution in [3.05, 3.63) is 59.7 Å². The largest absolute Gasteiger partial charge is 0.376 e. The summed E-state index contributed by atoms with van der Waals surface area (Å²) >= 11 is 0. The Hall–Kier alpha value is -2.82. The molecule has 0 aliphatic carbocycles. The number of carbonyl (C=O) groups is 2. The molecule has 0 aliphatic rings. The summed E-state index contributed by atoms with van der Waals surface area (Å²) in [5.41, 5.74) is 7.99. The summed E-state index contributed by atoms with van der Waals surface area (Å²) in [4.78, 5) is 23.2. The molecule has 0 radical (unpaired) electrons. The minimum atomic E-state index is -0.572. The highest BCUT2D eigenvalue weighted by Gasteiger charge is 2.09.